The van der Waals surface area contributed by atoms with Crippen LogP contribution in [0.3, 0.4) is 0 Å². The number of sulfonamides is 1. The van der Waals surface area contributed by atoms with Gasteiger partial charge in [0.15, 0.2) is 0 Å². The zero-order valence-corrected chi connectivity index (χ0v) is 18.9. The van der Waals surface area contributed by atoms with Gasteiger partial charge in [0.25, 0.3) is 10.0 Å². The van der Waals surface area contributed by atoms with Crippen LogP contribution in [0.2, 0.25) is 0 Å². The van der Waals surface area contributed by atoms with Crippen LogP contribution < -0.4 is 9.62 Å². The Morgan fingerprint density at radius 3 is 2.21 bits per heavy atom. The minimum atomic E-state index is -5.08. The fraction of sp³-hybridized carbons (Fsp3) is 0.350. The summed E-state index contributed by atoms with van der Waals surface area (Å²) in [4.78, 5) is 26.7. The quantitative estimate of drug-likeness (QED) is 0.558. The number of morpholine rings is 1. The molecule has 3 N–H and O–H groups in total. The van der Waals surface area contributed by atoms with Crippen molar-refractivity contribution in [1.29, 1.82) is 0 Å². The molecule has 34 heavy (non-hydrogen) atoms. The van der Waals surface area contributed by atoms with Gasteiger partial charge in [-0.1, -0.05) is 17.7 Å². The molecule has 0 saturated carbocycles. The van der Waals surface area contributed by atoms with Crippen LogP contribution in [0.4, 0.5) is 24.7 Å². The number of rotatable bonds is 5. The van der Waals surface area contributed by atoms with E-state index in [9.17, 15) is 31.5 Å². The highest BCUT2D eigenvalue weighted by Crippen LogP contribution is 2.25. The van der Waals surface area contributed by atoms with Crippen LogP contribution in [0.5, 0.6) is 0 Å². The van der Waals surface area contributed by atoms with Crippen molar-refractivity contribution in [1.82, 2.24) is 4.98 Å². The van der Waals surface area contributed by atoms with Crippen molar-refractivity contribution < 1.29 is 46.1 Å². The van der Waals surface area contributed by atoms with E-state index in [4.69, 9.17) is 14.6 Å². The minimum absolute atomic E-state index is 0.0577. The molecule has 0 spiro atoms. The molecule has 1 aliphatic rings. The van der Waals surface area contributed by atoms with E-state index in [1.807, 2.05) is 11.8 Å². The first kappa shape index (κ1) is 26.9. The molecule has 0 unspecified atom stereocenters. The lowest BCUT2D eigenvalue weighted by molar-refractivity contribution is -0.192. The molecule has 1 fully saturated rings. The summed E-state index contributed by atoms with van der Waals surface area (Å²) in [6.07, 6.45) is -3.75. The number of aromatic nitrogens is 1. The van der Waals surface area contributed by atoms with E-state index in [0.29, 0.717) is 37.7 Å². The average molecular weight is 505 g/mol. The first-order chi connectivity index (χ1) is 15.7. The molecular weight excluding hydrogens is 483 g/mol. The Morgan fingerprint density at radius 2 is 1.71 bits per heavy atom. The molecule has 3 rings (SSSR count). The normalized spacial score (nSPS) is 14.1. The smallest absolute Gasteiger partial charge is 0.478 e. The second-order valence-electron chi connectivity index (χ2n) is 7.18. The highest BCUT2D eigenvalue weighted by Gasteiger charge is 2.38. The van der Waals surface area contributed by atoms with Gasteiger partial charge in [0.1, 0.15) is 11.4 Å². The van der Waals surface area contributed by atoms with Gasteiger partial charge in [0.05, 0.1) is 30.0 Å². The molecule has 0 bridgehead atoms. The number of pyridine rings is 1. The topological polar surface area (TPSA) is 146 Å². The van der Waals surface area contributed by atoms with Crippen molar-refractivity contribution >= 4 is 33.5 Å². The predicted molar refractivity (Wildman–Crippen MR) is 115 cm³/mol. The third-order valence-electron chi connectivity index (χ3n) is 4.52. The van der Waals surface area contributed by atoms with Gasteiger partial charge in [-0.3, -0.25) is 4.72 Å². The highest BCUT2D eigenvalue weighted by molar-refractivity contribution is 7.92. The van der Waals surface area contributed by atoms with Gasteiger partial charge in [0, 0.05) is 13.1 Å². The first-order valence-electron chi connectivity index (χ1n) is 9.68. The fourth-order valence-corrected chi connectivity index (χ4v) is 4.27. The van der Waals surface area contributed by atoms with Crippen molar-refractivity contribution in [3.63, 3.8) is 0 Å². The molecule has 0 radical (unpaired) electrons. The summed E-state index contributed by atoms with van der Waals surface area (Å²) in [5, 5.41) is 16.7. The second-order valence-corrected chi connectivity index (χ2v) is 8.83. The molecule has 1 saturated heterocycles. The van der Waals surface area contributed by atoms with Crippen LogP contribution >= 0.6 is 0 Å². The Morgan fingerprint density at radius 1 is 1.12 bits per heavy atom. The van der Waals surface area contributed by atoms with Crippen molar-refractivity contribution in [3.8, 4) is 0 Å². The van der Waals surface area contributed by atoms with Gasteiger partial charge < -0.3 is 19.8 Å². The monoisotopic (exact) mass is 505 g/mol. The zero-order valence-electron chi connectivity index (χ0n) is 18.1. The molecule has 14 heteroatoms. The number of nitrogens with zero attached hydrogens (tertiary/aromatic N) is 2. The first-order valence-corrected chi connectivity index (χ1v) is 11.2. The lowest BCUT2D eigenvalue weighted by Crippen LogP contribution is -2.37. The molecule has 0 aliphatic carbocycles. The summed E-state index contributed by atoms with van der Waals surface area (Å²) in [5.41, 5.74) is 1.61. The van der Waals surface area contributed by atoms with Crippen LogP contribution in [-0.2, 0) is 19.6 Å². The maximum atomic E-state index is 12.7. The lowest BCUT2D eigenvalue weighted by atomic mass is 10.2. The van der Waals surface area contributed by atoms with E-state index in [0.717, 1.165) is 5.56 Å². The highest BCUT2D eigenvalue weighted by atomic mass is 32.2. The molecule has 10 nitrogen and oxygen atoms in total. The third-order valence-corrected chi connectivity index (χ3v) is 6.06. The maximum Gasteiger partial charge on any atom is 0.490 e. The third kappa shape index (κ3) is 7.05. The molecule has 0 amide bonds. The number of hydrogen-bond donors (Lipinski definition) is 3. The van der Waals surface area contributed by atoms with Crippen LogP contribution in [0, 0.1) is 13.8 Å². The molecule has 1 aliphatic heterocycles. The molecule has 1 aromatic carbocycles. The maximum absolute atomic E-state index is 12.7. The standard InChI is InChI=1S/C18H21N3O5S.C2HF3O2/c1-12-3-4-16(13(2)9-12)27(24,25)20-14-10-15(18(22)23)17(19-11-14)21-5-7-26-8-6-21;3-2(4,5)1(6)7/h3-4,9-11,20H,5-8H2,1-2H3,(H,22,23);(H,6,7). The summed E-state index contributed by atoms with van der Waals surface area (Å²) in [6.45, 7) is 5.62. The van der Waals surface area contributed by atoms with Gasteiger partial charge in [-0.15, -0.1) is 0 Å². The summed E-state index contributed by atoms with van der Waals surface area (Å²) in [6, 6.07) is 6.31. The number of halogens is 3. The minimum Gasteiger partial charge on any atom is -0.478 e. The Bertz CT molecular complexity index is 1160. The van der Waals surface area contributed by atoms with Gasteiger partial charge in [0.2, 0.25) is 0 Å². The molecular formula is C20H22F3N3O7S. The van der Waals surface area contributed by atoms with Crippen LogP contribution in [0.1, 0.15) is 21.5 Å². The van der Waals surface area contributed by atoms with Crippen LogP contribution in [0.25, 0.3) is 0 Å². The number of benzene rings is 1. The predicted octanol–water partition coefficient (Wildman–Crippen LogP) is 2.67. The Hall–Kier alpha value is -3.39. The molecule has 1 aromatic heterocycles. The molecule has 186 valence electrons. The number of carboxylic acids is 2. The summed E-state index contributed by atoms with van der Waals surface area (Å²) < 4.78 is 64.8. The Kier molecular flexibility index (Phi) is 8.45. The lowest BCUT2D eigenvalue weighted by Gasteiger charge is -2.28. The second kappa shape index (κ2) is 10.7. The van der Waals surface area contributed by atoms with E-state index in [2.05, 4.69) is 9.71 Å². The fourth-order valence-electron chi connectivity index (χ4n) is 3.01. The van der Waals surface area contributed by atoms with E-state index in [1.54, 1.807) is 19.1 Å². The van der Waals surface area contributed by atoms with Crippen molar-refractivity contribution in [2.24, 2.45) is 0 Å². The van der Waals surface area contributed by atoms with E-state index < -0.39 is 28.1 Å². The average Bonchev–Trinajstić information content (AvgIpc) is 2.73. The Balaban J connectivity index is 0.000000509. The van der Waals surface area contributed by atoms with Gasteiger partial charge >= 0.3 is 18.1 Å². The summed E-state index contributed by atoms with van der Waals surface area (Å²) >= 11 is 0. The number of carboxylic acid groups (broad SMARTS) is 2. The van der Waals surface area contributed by atoms with Gasteiger partial charge in [-0.05, 0) is 31.5 Å². The largest absolute Gasteiger partial charge is 0.490 e. The summed E-state index contributed by atoms with van der Waals surface area (Å²) in [5.74, 6) is -3.62. The number of aliphatic carboxylic acids is 1. The van der Waals surface area contributed by atoms with Crippen molar-refractivity contribution in [2.45, 2.75) is 24.9 Å². The number of anilines is 2. The number of aromatic carboxylic acids is 1. The number of carbonyl (C=O) groups is 2. The Labute approximate surface area is 193 Å². The van der Waals surface area contributed by atoms with Crippen LogP contribution in [0.15, 0.2) is 35.4 Å². The van der Waals surface area contributed by atoms with Gasteiger partial charge in [-0.2, -0.15) is 13.2 Å². The number of ether oxygens (including phenoxy) is 1. The SMILES string of the molecule is Cc1ccc(S(=O)(=O)Nc2cnc(N3CCOCC3)c(C(=O)O)c2)c(C)c1.O=C(O)C(F)(F)F. The molecule has 0 atom stereocenters. The van der Waals surface area contributed by atoms with Crippen molar-refractivity contribution in [3.05, 3.63) is 47.2 Å². The number of aryl methyl sites for hydroxylation is 2. The number of hydrogen-bond acceptors (Lipinski definition) is 7. The molecule has 2 heterocycles. The zero-order chi connectivity index (χ0) is 25.7. The summed E-state index contributed by atoms with van der Waals surface area (Å²) in [7, 11) is -3.86. The molecule has 2 aromatic rings. The van der Waals surface area contributed by atoms with E-state index in [1.165, 1.54) is 18.3 Å². The van der Waals surface area contributed by atoms with Crippen molar-refractivity contribution in [2.75, 3.05) is 35.9 Å². The number of nitrogens with one attached hydrogen (secondary N) is 1. The van der Waals surface area contributed by atoms with E-state index >= 15 is 0 Å². The number of alkyl halides is 3. The van der Waals surface area contributed by atoms with Crippen LogP contribution in [-0.4, -0.2) is 68.0 Å². The van der Waals surface area contributed by atoms with E-state index in [-0.39, 0.29) is 16.1 Å². The van der Waals surface area contributed by atoms with Gasteiger partial charge in [-0.25, -0.2) is 23.0 Å².